The Morgan fingerprint density at radius 1 is 0.971 bits per heavy atom. The fraction of sp³-hybridized carbons (Fsp3) is 0.120. The van der Waals surface area contributed by atoms with Crippen molar-refractivity contribution in [3.05, 3.63) is 101 Å². The highest BCUT2D eigenvalue weighted by Crippen LogP contribution is 2.25. The molecule has 2 aromatic carbocycles. The first kappa shape index (κ1) is 22.7. The van der Waals surface area contributed by atoms with Crippen LogP contribution in [0.15, 0.2) is 71.4 Å². The molecule has 4 aromatic rings. The van der Waals surface area contributed by atoms with Crippen LogP contribution in [0, 0.1) is 19.7 Å². The van der Waals surface area contributed by atoms with Gasteiger partial charge in [0.15, 0.2) is 0 Å². The smallest absolute Gasteiger partial charge is 0.274 e. The molecule has 8 nitrogen and oxygen atoms in total. The van der Waals surface area contributed by atoms with Gasteiger partial charge in [-0.05, 0) is 62.4 Å². The normalized spacial score (nSPS) is 10.6. The highest BCUT2D eigenvalue weighted by Gasteiger charge is 2.15. The lowest BCUT2D eigenvalue weighted by Crippen LogP contribution is -2.17. The van der Waals surface area contributed by atoms with E-state index in [9.17, 15) is 14.0 Å². The maximum atomic E-state index is 13.9. The van der Waals surface area contributed by atoms with E-state index in [0.717, 1.165) is 17.3 Å². The molecule has 172 valence electrons. The highest BCUT2D eigenvalue weighted by atomic mass is 19.1. The van der Waals surface area contributed by atoms with E-state index in [1.54, 1.807) is 49.4 Å². The van der Waals surface area contributed by atoms with Gasteiger partial charge in [-0.25, -0.2) is 4.39 Å². The van der Waals surface area contributed by atoms with Gasteiger partial charge in [-0.3, -0.25) is 14.6 Å². The Hall–Kier alpha value is -4.53. The average molecular weight is 460 g/mol. The second-order valence-electron chi connectivity index (χ2n) is 7.43. The zero-order valence-electron chi connectivity index (χ0n) is 18.5. The Labute approximate surface area is 194 Å². The van der Waals surface area contributed by atoms with Gasteiger partial charge in [0.1, 0.15) is 29.6 Å². The first-order valence-electron chi connectivity index (χ1n) is 10.4. The average Bonchev–Trinajstić information content (AvgIpc) is 3.17. The molecule has 0 aliphatic rings. The van der Waals surface area contributed by atoms with E-state index in [1.807, 2.05) is 6.92 Å². The highest BCUT2D eigenvalue weighted by molar-refractivity contribution is 6.09. The number of carbonyl (C=O) groups excluding carboxylic acids is 2. The van der Waals surface area contributed by atoms with Crippen molar-refractivity contribution < 1.29 is 23.2 Å². The zero-order valence-corrected chi connectivity index (χ0v) is 18.5. The Kier molecular flexibility index (Phi) is 6.63. The Morgan fingerprint density at radius 3 is 2.53 bits per heavy atom. The van der Waals surface area contributed by atoms with Crippen LogP contribution in [0.25, 0.3) is 0 Å². The van der Waals surface area contributed by atoms with E-state index in [0.29, 0.717) is 17.1 Å². The predicted octanol–water partition coefficient (Wildman–Crippen LogP) is 4.91. The van der Waals surface area contributed by atoms with Crippen molar-refractivity contribution in [2.45, 2.75) is 20.5 Å². The van der Waals surface area contributed by atoms with Gasteiger partial charge in [-0.15, -0.1) is 0 Å². The van der Waals surface area contributed by atoms with Crippen LogP contribution >= 0.6 is 0 Å². The van der Waals surface area contributed by atoms with Crippen LogP contribution in [0.2, 0.25) is 0 Å². The number of carbonyl (C=O) groups is 2. The monoisotopic (exact) mass is 460 g/mol. The van der Waals surface area contributed by atoms with Crippen LogP contribution in [0.1, 0.15) is 37.9 Å². The Bertz CT molecular complexity index is 1320. The molecule has 2 amide bonds. The second kappa shape index (κ2) is 9.95. The number of pyridine rings is 1. The summed E-state index contributed by atoms with van der Waals surface area (Å²) in [6.45, 7) is 3.86. The molecule has 0 unspecified atom stereocenters. The molecule has 0 aliphatic carbocycles. The maximum Gasteiger partial charge on any atom is 0.274 e. The number of aryl methyl sites for hydroxylation is 2. The van der Waals surface area contributed by atoms with Gasteiger partial charge < -0.3 is 19.9 Å². The van der Waals surface area contributed by atoms with Crippen molar-refractivity contribution in [3.63, 3.8) is 0 Å². The molecule has 0 fully saturated rings. The molecular formula is C25H21FN4O4. The number of halogens is 1. The summed E-state index contributed by atoms with van der Waals surface area (Å²) >= 11 is 0. The van der Waals surface area contributed by atoms with Crippen LogP contribution in [0.4, 0.5) is 15.8 Å². The zero-order chi connectivity index (χ0) is 24.1. The molecule has 9 heteroatoms. The second-order valence-corrected chi connectivity index (χ2v) is 7.43. The Balaban J connectivity index is 1.49. The quantitative estimate of drug-likeness (QED) is 0.406. The van der Waals surface area contributed by atoms with E-state index in [-0.39, 0.29) is 23.7 Å². The van der Waals surface area contributed by atoms with Crippen molar-refractivity contribution in [2.75, 3.05) is 10.6 Å². The third-order valence-electron chi connectivity index (χ3n) is 5.04. The Morgan fingerprint density at radius 2 is 1.79 bits per heavy atom. The summed E-state index contributed by atoms with van der Waals surface area (Å²) in [6, 6.07) is 15.2. The van der Waals surface area contributed by atoms with E-state index in [2.05, 4.69) is 20.8 Å². The van der Waals surface area contributed by atoms with Gasteiger partial charge in [-0.1, -0.05) is 17.3 Å². The van der Waals surface area contributed by atoms with Crippen LogP contribution in [0.3, 0.4) is 0 Å². The SMILES string of the molecule is Cc1noc(C)c1COc1cccc(C(=O)Nc2cc(F)ccc2NC(=O)c2ccccn2)c1. The number of anilines is 2. The van der Waals surface area contributed by atoms with Gasteiger partial charge in [0, 0.05) is 11.8 Å². The van der Waals surface area contributed by atoms with Gasteiger partial charge in [-0.2, -0.15) is 0 Å². The fourth-order valence-corrected chi connectivity index (χ4v) is 3.20. The fourth-order valence-electron chi connectivity index (χ4n) is 3.20. The van der Waals surface area contributed by atoms with Crippen LogP contribution in [0.5, 0.6) is 5.75 Å². The molecule has 2 heterocycles. The summed E-state index contributed by atoms with van der Waals surface area (Å²) in [5.74, 6) is -0.421. The molecule has 0 radical (unpaired) electrons. The minimum absolute atomic E-state index is 0.108. The molecule has 0 spiro atoms. The number of hydrogen-bond acceptors (Lipinski definition) is 6. The summed E-state index contributed by atoms with van der Waals surface area (Å²) in [7, 11) is 0. The van der Waals surface area contributed by atoms with Gasteiger partial charge >= 0.3 is 0 Å². The van der Waals surface area contributed by atoms with Crippen LogP contribution in [-0.2, 0) is 6.61 Å². The summed E-state index contributed by atoms with van der Waals surface area (Å²) in [4.78, 5) is 29.3. The standard InChI is InChI=1S/C25H21FN4O4/c1-15-20(16(2)34-30-15)14-33-19-7-5-6-17(12-19)24(31)29-23-13-18(26)9-10-21(23)28-25(32)22-8-3-4-11-27-22/h3-13H,14H2,1-2H3,(H,28,32)(H,29,31). The van der Waals surface area contributed by atoms with Gasteiger partial charge in [0.25, 0.3) is 11.8 Å². The molecule has 0 atom stereocenters. The lowest BCUT2D eigenvalue weighted by atomic mass is 10.1. The summed E-state index contributed by atoms with van der Waals surface area (Å²) in [5, 5.41) is 9.18. The van der Waals surface area contributed by atoms with Crippen molar-refractivity contribution in [3.8, 4) is 5.75 Å². The predicted molar refractivity (Wildman–Crippen MR) is 123 cm³/mol. The lowest BCUT2D eigenvalue weighted by molar-refractivity contribution is 0.101. The molecule has 2 N–H and O–H groups in total. The third-order valence-corrected chi connectivity index (χ3v) is 5.04. The molecule has 34 heavy (non-hydrogen) atoms. The number of amides is 2. The number of nitrogens with one attached hydrogen (secondary N) is 2. The molecule has 4 rings (SSSR count). The topological polar surface area (TPSA) is 106 Å². The minimum atomic E-state index is -0.567. The van der Waals surface area contributed by atoms with Crippen molar-refractivity contribution in [1.82, 2.24) is 10.1 Å². The lowest BCUT2D eigenvalue weighted by Gasteiger charge is -2.13. The summed E-state index contributed by atoms with van der Waals surface area (Å²) in [5.41, 5.74) is 2.39. The first-order valence-corrected chi connectivity index (χ1v) is 10.4. The largest absolute Gasteiger partial charge is 0.489 e. The third kappa shape index (κ3) is 5.26. The van der Waals surface area contributed by atoms with Crippen molar-refractivity contribution in [1.29, 1.82) is 0 Å². The first-order chi connectivity index (χ1) is 16.4. The number of benzene rings is 2. The number of nitrogens with zero attached hydrogens (tertiary/aromatic N) is 2. The van der Waals surface area contributed by atoms with Gasteiger partial charge in [0.2, 0.25) is 0 Å². The van der Waals surface area contributed by atoms with Crippen LogP contribution < -0.4 is 15.4 Å². The number of ether oxygens (including phenoxy) is 1. The number of hydrogen-bond donors (Lipinski definition) is 2. The molecule has 0 saturated carbocycles. The maximum absolute atomic E-state index is 13.9. The molecule has 0 bridgehead atoms. The molecule has 0 saturated heterocycles. The molecule has 2 aromatic heterocycles. The van der Waals surface area contributed by atoms with Crippen molar-refractivity contribution >= 4 is 23.2 Å². The molecule has 0 aliphatic heterocycles. The summed E-state index contributed by atoms with van der Waals surface area (Å²) in [6.07, 6.45) is 1.49. The number of rotatable bonds is 7. The summed E-state index contributed by atoms with van der Waals surface area (Å²) < 4.78 is 24.8. The van der Waals surface area contributed by atoms with E-state index >= 15 is 0 Å². The van der Waals surface area contributed by atoms with Crippen molar-refractivity contribution in [2.24, 2.45) is 0 Å². The van der Waals surface area contributed by atoms with E-state index < -0.39 is 17.6 Å². The van der Waals surface area contributed by atoms with Crippen LogP contribution in [-0.4, -0.2) is 22.0 Å². The van der Waals surface area contributed by atoms with E-state index in [1.165, 1.54) is 18.3 Å². The molecular weight excluding hydrogens is 439 g/mol. The number of aromatic nitrogens is 2. The van der Waals surface area contributed by atoms with E-state index in [4.69, 9.17) is 9.26 Å². The van der Waals surface area contributed by atoms with Gasteiger partial charge in [0.05, 0.1) is 22.6 Å². The minimum Gasteiger partial charge on any atom is -0.489 e.